The second-order valence-electron chi connectivity index (χ2n) is 11.8. The van der Waals surface area contributed by atoms with Gasteiger partial charge in [-0.3, -0.25) is 0 Å². The molecule has 0 fully saturated rings. The number of anilines is 3. The van der Waals surface area contributed by atoms with Crippen LogP contribution < -0.4 is 14.4 Å². The largest absolute Gasteiger partial charge is 0.489 e. The number of ether oxygens (including phenoxy) is 2. The van der Waals surface area contributed by atoms with Crippen LogP contribution in [0.1, 0.15) is 37.8 Å². The molecular weight excluding hydrogens is 597 g/mol. The monoisotopic (exact) mass is 634 g/mol. The highest BCUT2D eigenvalue weighted by Crippen LogP contribution is 2.55. The molecule has 0 atom stereocenters. The van der Waals surface area contributed by atoms with Gasteiger partial charge in [0.1, 0.15) is 29.7 Å². The predicted molar refractivity (Wildman–Crippen MR) is 198 cm³/mol. The summed E-state index contributed by atoms with van der Waals surface area (Å²) in [7, 11) is 0. The first-order valence-electron chi connectivity index (χ1n) is 16.2. The second kappa shape index (κ2) is 12.9. The molecular formula is C42H38N2O2S. The lowest BCUT2D eigenvalue weighted by molar-refractivity contribution is 0.363. The zero-order valence-electron chi connectivity index (χ0n) is 26.9. The smallest absolute Gasteiger partial charge is 0.124 e. The number of rotatable bonds is 12. The summed E-state index contributed by atoms with van der Waals surface area (Å²) < 4.78 is 13.1. The highest BCUT2D eigenvalue weighted by molar-refractivity contribution is 7.21. The van der Waals surface area contributed by atoms with Crippen molar-refractivity contribution in [2.24, 2.45) is 0 Å². The third-order valence-corrected chi connectivity index (χ3v) is 10.3. The zero-order valence-corrected chi connectivity index (χ0v) is 27.7. The highest BCUT2D eigenvalue weighted by Gasteiger charge is 2.41. The van der Waals surface area contributed by atoms with E-state index in [0.717, 1.165) is 51.9 Å². The maximum absolute atomic E-state index is 5.96. The van der Waals surface area contributed by atoms with E-state index in [1.807, 2.05) is 24.3 Å². The minimum Gasteiger partial charge on any atom is -0.489 e. The number of hydrogen-bond donors (Lipinski definition) is 0. The SMILES string of the molecule is C=CCOc1cccc(N(c2cccc(OCC=C)c2)c2ccc3c(c2)C(CC)(CC)c2cc(-c4nc5ccccc5s4)ccc2-3)c1. The van der Waals surface area contributed by atoms with Crippen LogP contribution in [0.3, 0.4) is 0 Å². The zero-order chi connectivity index (χ0) is 32.4. The molecule has 1 heterocycles. The van der Waals surface area contributed by atoms with Gasteiger partial charge in [-0.25, -0.2) is 4.98 Å². The topological polar surface area (TPSA) is 34.6 Å². The first-order chi connectivity index (χ1) is 23.1. The van der Waals surface area contributed by atoms with Gasteiger partial charge in [-0.15, -0.1) is 11.3 Å². The first kappa shape index (κ1) is 30.5. The average molecular weight is 635 g/mol. The van der Waals surface area contributed by atoms with E-state index >= 15 is 0 Å². The lowest BCUT2D eigenvalue weighted by atomic mass is 9.73. The van der Waals surface area contributed by atoms with Crippen molar-refractivity contribution in [3.8, 4) is 33.2 Å². The van der Waals surface area contributed by atoms with Crippen LogP contribution >= 0.6 is 11.3 Å². The summed E-state index contributed by atoms with van der Waals surface area (Å²) in [6, 6.07) is 38.7. The Morgan fingerprint density at radius 3 is 1.89 bits per heavy atom. The second-order valence-corrected chi connectivity index (χ2v) is 12.8. The average Bonchev–Trinajstić information content (AvgIpc) is 3.67. The molecule has 0 saturated heterocycles. The van der Waals surface area contributed by atoms with Gasteiger partial charge in [0, 0.05) is 40.2 Å². The molecule has 0 amide bonds. The van der Waals surface area contributed by atoms with Crippen molar-refractivity contribution in [2.45, 2.75) is 32.1 Å². The number of para-hydroxylation sites is 1. The molecule has 0 saturated carbocycles. The summed E-state index contributed by atoms with van der Waals surface area (Å²) in [5, 5.41) is 1.06. The van der Waals surface area contributed by atoms with Crippen LogP contribution in [0.4, 0.5) is 17.1 Å². The van der Waals surface area contributed by atoms with Gasteiger partial charge in [0.15, 0.2) is 0 Å². The molecule has 47 heavy (non-hydrogen) atoms. The molecule has 1 aliphatic rings. The minimum atomic E-state index is -0.122. The molecule has 0 unspecified atom stereocenters. The number of hydrogen-bond acceptors (Lipinski definition) is 5. The summed E-state index contributed by atoms with van der Waals surface area (Å²) in [5.74, 6) is 1.58. The lowest BCUT2D eigenvalue weighted by Gasteiger charge is -2.32. The van der Waals surface area contributed by atoms with Gasteiger partial charge in [0.2, 0.25) is 0 Å². The van der Waals surface area contributed by atoms with Gasteiger partial charge in [0.05, 0.1) is 10.2 Å². The quantitative estimate of drug-likeness (QED) is 0.125. The standard InChI is InChI=1S/C42H38N2O2S/c1-5-23-45-33-15-11-13-30(26-33)44(31-14-12-16-34(27-31)46-24-6-2)32-20-22-36-35-21-19-29(41-43-39-17-9-10-18-40(39)47-41)25-37(35)42(7-3,8-4)38(36)28-32/h5-6,9-22,25-28H,1-2,7-8,23-24H2,3-4H3. The molecule has 4 nitrogen and oxygen atoms in total. The third kappa shape index (κ3) is 5.51. The summed E-state index contributed by atoms with van der Waals surface area (Å²) in [4.78, 5) is 7.28. The van der Waals surface area contributed by atoms with Gasteiger partial charge in [-0.05, 0) is 89.7 Å². The van der Waals surface area contributed by atoms with E-state index in [4.69, 9.17) is 14.5 Å². The number of thiazole rings is 1. The Hall–Kier alpha value is -5.13. The normalized spacial score (nSPS) is 12.7. The van der Waals surface area contributed by atoms with Crippen LogP contribution in [0.25, 0.3) is 31.9 Å². The van der Waals surface area contributed by atoms with Crippen molar-refractivity contribution < 1.29 is 9.47 Å². The fourth-order valence-corrected chi connectivity index (χ4v) is 7.91. The maximum Gasteiger partial charge on any atom is 0.124 e. The Morgan fingerprint density at radius 2 is 1.28 bits per heavy atom. The lowest BCUT2D eigenvalue weighted by Crippen LogP contribution is -2.23. The third-order valence-electron chi connectivity index (χ3n) is 9.24. The van der Waals surface area contributed by atoms with E-state index < -0.39 is 0 Å². The molecule has 1 aromatic heterocycles. The van der Waals surface area contributed by atoms with Crippen LogP contribution in [0.15, 0.2) is 135 Å². The van der Waals surface area contributed by atoms with E-state index in [0.29, 0.717) is 13.2 Å². The molecule has 234 valence electrons. The van der Waals surface area contributed by atoms with E-state index in [2.05, 4.69) is 117 Å². The fraction of sp³-hybridized carbons (Fsp3) is 0.167. The highest BCUT2D eigenvalue weighted by atomic mass is 32.1. The van der Waals surface area contributed by atoms with Crippen LogP contribution in [0, 0.1) is 0 Å². The van der Waals surface area contributed by atoms with Crippen molar-refractivity contribution in [1.29, 1.82) is 0 Å². The molecule has 0 N–H and O–H groups in total. The van der Waals surface area contributed by atoms with Crippen LogP contribution in [0.2, 0.25) is 0 Å². The summed E-state index contributed by atoms with van der Waals surface area (Å²) in [6.07, 6.45) is 5.51. The van der Waals surface area contributed by atoms with Gasteiger partial charge in [0.25, 0.3) is 0 Å². The van der Waals surface area contributed by atoms with E-state index in [9.17, 15) is 0 Å². The van der Waals surface area contributed by atoms with E-state index in [-0.39, 0.29) is 5.41 Å². The molecule has 0 aliphatic heterocycles. The minimum absolute atomic E-state index is 0.122. The Bertz CT molecular complexity index is 2000. The molecule has 7 rings (SSSR count). The number of nitrogens with zero attached hydrogens (tertiary/aromatic N) is 2. The number of benzene rings is 5. The number of fused-ring (bicyclic) bond motifs is 4. The van der Waals surface area contributed by atoms with Crippen molar-refractivity contribution in [3.05, 3.63) is 146 Å². The van der Waals surface area contributed by atoms with Gasteiger partial charge < -0.3 is 14.4 Å². The van der Waals surface area contributed by atoms with Gasteiger partial charge in [-0.2, -0.15) is 0 Å². The molecule has 5 aromatic carbocycles. The molecule has 0 bridgehead atoms. The number of aromatic nitrogens is 1. The summed E-state index contributed by atoms with van der Waals surface area (Å²) in [5.41, 5.74) is 10.5. The molecule has 0 spiro atoms. The van der Waals surface area contributed by atoms with Crippen LogP contribution in [-0.4, -0.2) is 18.2 Å². The Morgan fingerprint density at radius 1 is 0.681 bits per heavy atom. The van der Waals surface area contributed by atoms with Gasteiger partial charge >= 0.3 is 0 Å². The first-order valence-corrected chi connectivity index (χ1v) is 17.0. The van der Waals surface area contributed by atoms with E-state index in [1.54, 1.807) is 23.5 Å². The Kier molecular flexibility index (Phi) is 8.40. The molecule has 6 aromatic rings. The summed E-state index contributed by atoms with van der Waals surface area (Å²) in [6.45, 7) is 13.2. The molecule has 1 aliphatic carbocycles. The van der Waals surface area contributed by atoms with Crippen molar-refractivity contribution in [2.75, 3.05) is 18.1 Å². The molecule has 5 heteroatoms. The predicted octanol–water partition coefficient (Wildman–Crippen LogP) is 11.6. The van der Waals surface area contributed by atoms with Crippen LogP contribution in [-0.2, 0) is 5.41 Å². The maximum atomic E-state index is 5.96. The van der Waals surface area contributed by atoms with Crippen molar-refractivity contribution in [3.63, 3.8) is 0 Å². The van der Waals surface area contributed by atoms with E-state index in [1.165, 1.54) is 32.5 Å². The van der Waals surface area contributed by atoms with Gasteiger partial charge in [-0.1, -0.05) is 81.6 Å². The Labute approximate surface area is 281 Å². The summed E-state index contributed by atoms with van der Waals surface area (Å²) >= 11 is 1.76. The van der Waals surface area contributed by atoms with Crippen LogP contribution in [0.5, 0.6) is 11.5 Å². The fourth-order valence-electron chi connectivity index (χ4n) is 6.95. The van der Waals surface area contributed by atoms with Crippen molar-refractivity contribution >= 4 is 38.6 Å². The van der Waals surface area contributed by atoms with Crippen molar-refractivity contribution in [1.82, 2.24) is 4.98 Å². The molecule has 0 radical (unpaired) electrons. The Balaban J connectivity index is 1.36.